The maximum Gasteiger partial charge on any atom is 0.162 e. The fourth-order valence-corrected chi connectivity index (χ4v) is 5.01. The van der Waals surface area contributed by atoms with Crippen LogP contribution in [-0.4, -0.2) is 10.8 Å². The van der Waals surface area contributed by atoms with Crippen LogP contribution in [0.4, 0.5) is 5.69 Å². The van der Waals surface area contributed by atoms with Crippen molar-refractivity contribution in [3.8, 4) is 0 Å². The lowest BCUT2D eigenvalue weighted by atomic mass is 9.72. The lowest BCUT2D eigenvalue weighted by Crippen LogP contribution is -2.29. The van der Waals surface area contributed by atoms with E-state index in [2.05, 4.69) is 52.8 Å². The number of furan rings is 1. The third-order valence-electron chi connectivity index (χ3n) is 6.30. The Labute approximate surface area is 174 Å². The molecule has 2 aromatic carbocycles. The van der Waals surface area contributed by atoms with Gasteiger partial charge in [0, 0.05) is 47.6 Å². The topological polar surface area (TPSA) is 55.1 Å². The van der Waals surface area contributed by atoms with E-state index in [1.807, 2.05) is 24.4 Å². The Kier molecular flexibility index (Phi) is 3.85. The van der Waals surface area contributed by atoms with E-state index in [-0.39, 0.29) is 17.6 Å². The summed E-state index contributed by atoms with van der Waals surface area (Å²) in [6, 6.07) is 20.5. The molecule has 0 saturated heterocycles. The number of ketones is 1. The van der Waals surface area contributed by atoms with Crippen molar-refractivity contribution in [3.63, 3.8) is 0 Å². The van der Waals surface area contributed by atoms with E-state index in [4.69, 9.17) is 4.42 Å². The number of hydrogen-bond donors (Lipinski definition) is 1. The maximum absolute atomic E-state index is 13.5. The molecule has 4 aromatic rings. The number of pyridine rings is 1. The van der Waals surface area contributed by atoms with Crippen LogP contribution >= 0.6 is 0 Å². The normalized spacial score (nSPS) is 20.6. The number of benzene rings is 2. The van der Waals surface area contributed by atoms with Gasteiger partial charge >= 0.3 is 0 Å². The summed E-state index contributed by atoms with van der Waals surface area (Å²) < 4.78 is 5.63. The monoisotopic (exact) mass is 392 g/mol. The van der Waals surface area contributed by atoms with Gasteiger partial charge in [-0.1, -0.05) is 36.4 Å². The summed E-state index contributed by atoms with van der Waals surface area (Å²) in [6.07, 6.45) is 6.57. The molecule has 2 aromatic heterocycles. The molecule has 1 aliphatic heterocycles. The number of fused-ring (bicyclic) bond motifs is 3. The van der Waals surface area contributed by atoms with E-state index >= 15 is 0 Å². The van der Waals surface area contributed by atoms with Gasteiger partial charge in [-0.3, -0.25) is 9.78 Å². The summed E-state index contributed by atoms with van der Waals surface area (Å²) in [4.78, 5) is 17.9. The van der Waals surface area contributed by atoms with Gasteiger partial charge in [0.15, 0.2) is 5.78 Å². The molecule has 6 rings (SSSR count). The van der Waals surface area contributed by atoms with Gasteiger partial charge in [0.05, 0.1) is 6.26 Å². The van der Waals surface area contributed by atoms with Crippen LogP contribution in [0.3, 0.4) is 0 Å². The Bertz CT molecular complexity index is 1290. The summed E-state index contributed by atoms with van der Waals surface area (Å²) in [7, 11) is 0. The third-order valence-corrected chi connectivity index (χ3v) is 6.30. The zero-order valence-electron chi connectivity index (χ0n) is 16.3. The van der Waals surface area contributed by atoms with Crippen molar-refractivity contribution in [2.75, 3.05) is 5.32 Å². The lowest BCUT2D eigenvalue weighted by Gasteiger charge is -2.36. The molecule has 3 heterocycles. The van der Waals surface area contributed by atoms with Crippen molar-refractivity contribution in [1.82, 2.24) is 4.98 Å². The lowest BCUT2D eigenvalue weighted by molar-refractivity contribution is -0.116. The second-order valence-corrected chi connectivity index (χ2v) is 8.03. The molecule has 0 saturated carbocycles. The summed E-state index contributed by atoms with van der Waals surface area (Å²) in [5, 5.41) is 5.95. The molecule has 0 spiro atoms. The summed E-state index contributed by atoms with van der Waals surface area (Å²) in [6.45, 7) is 0. The van der Waals surface area contributed by atoms with E-state index in [1.165, 1.54) is 10.8 Å². The van der Waals surface area contributed by atoms with Gasteiger partial charge in [-0.25, -0.2) is 0 Å². The fraction of sp³-hybridized carbons (Fsp3) is 0.154. The van der Waals surface area contributed by atoms with E-state index in [1.54, 1.807) is 12.5 Å². The number of rotatable bonds is 2. The summed E-state index contributed by atoms with van der Waals surface area (Å²) in [5.74, 6) is 0.993. The molecule has 2 aliphatic rings. The number of carbonyl (C=O) groups excluding carboxylic acids is 1. The van der Waals surface area contributed by atoms with Crippen LogP contribution in [0.1, 0.15) is 41.6 Å². The average Bonchev–Trinajstić information content (AvgIpc) is 3.33. The van der Waals surface area contributed by atoms with Gasteiger partial charge in [-0.15, -0.1) is 0 Å². The second kappa shape index (κ2) is 6.70. The first-order chi connectivity index (χ1) is 14.8. The molecule has 0 unspecified atom stereocenters. The van der Waals surface area contributed by atoms with Gasteiger partial charge in [-0.2, -0.15) is 0 Å². The first-order valence-corrected chi connectivity index (χ1v) is 10.3. The minimum absolute atomic E-state index is 0.0651. The quantitative estimate of drug-likeness (QED) is 0.469. The first-order valence-electron chi connectivity index (χ1n) is 10.3. The molecule has 0 fully saturated rings. The standard InChI is InChI=1S/C26H20N2O2/c29-22-14-18(23-8-4-12-30-23)13-21-26(22)24(17-6-3-11-27-15-17)25-19-7-2-1-5-16(19)9-10-20(25)28-21/h1-12,15,18,24,28H,13-14H2/t18-,24+/m1/s1. The van der Waals surface area contributed by atoms with Gasteiger partial charge in [0.2, 0.25) is 0 Å². The highest BCUT2D eigenvalue weighted by molar-refractivity contribution is 6.04. The van der Waals surface area contributed by atoms with Gasteiger partial charge < -0.3 is 9.73 Å². The van der Waals surface area contributed by atoms with Crippen molar-refractivity contribution >= 4 is 22.2 Å². The van der Waals surface area contributed by atoms with Crippen LogP contribution in [0, 0.1) is 0 Å². The van der Waals surface area contributed by atoms with Crippen LogP contribution in [0.5, 0.6) is 0 Å². The van der Waals surface area contributed by atoms with Gasteiger partial charge in [0.25, 0.3) is 0 Å². The summed E-state index contributed by atoms with van der Waals surface area (Å²) >= 11 is 0. The number of hydrogen-bond acceptors (Lipinski definition) is 4. The van der Waals surface area contributed by atoms with E-state index < -0.39 is 0 Å². The van der Waals surface area contributed by atoms with Crippen LogP contribution in [-0.2, 0) is 4.79 Å². The van der Waals surface area contributed by atoms with E-state index in [0.29, 0.717) is 6.42 Å². The smallest absolute Gasteiger partial charge is 0.162 e. The zero-order chi connectivity index (χ0) is 20.1. The minimum Gasteiger partial charge on any atom is -0.469 e. The highest BCUT2D eigenvalue weighted by Crippen LogP contribution is 2.49. The Balaban J connectivity index is 1.57. The summed E-state index contributed by atoms with van der Waals surface area (Å²) in [5.41, 5.74) is 5.15. The number of nitrogens with one attached hydrogen (secondary N) is 1. The fourth-order valence-electron chi connectivity index (χ4n) is 5.01. The van der Waals surface area contributed by atoms with Crippen molar-refractivity contribution in [2.24, 2.45) is 0 Å². The van der Waals surface area contributed by atoms with Crippen molar-refractivity contribution < 1.29 is 9.21 Å². The molecule has 4 nitrogen and oxygen atoms in total. The van der Waals surface area contributed by atoms with Crippen molar-refractivity contribution in [3.05, 3.63) is 107 Å². The zero-order valence-corrected chi connectivity index (χ0v) is 16.3. The second-order valence-electron chi connectivity index (χ2n) is 8.03. The first kappa shape index (κ1) is 17.2. The maximum atomic E-state index is 13.5. The molecule has 0 amide bonds. The van der Waals surface area contributed by atoms with E-state index in [9.17, 15) is 4.79 Å². The Morgan fingerprint density at radius 2 is 1.90 bits per heavy atom. The van der Waals surface area contributed by atoms with Gasteiger partial charge in [-0.05, 0) is 52.6 Å². The number of anilines is 1. The van der Waals surface area contributed by atoms with Gasteiger partial charge in [0.1, 0.15) is 5.76 Å². The largest absolute Gasteiger partial charge is 0.469 e. The number of nitrogens with zero attached hydrogens (tertiary/aromatic N) is 1. The molecule has 30 heavy (non-hydrogen) atoms. The number of Topliss-reactive ketones (excluding diaryl/α,β-unsaturated/α-hetero) is 1. The van der Waals surface area contributed by atoms with E-state index in [0.717, 1.165) is 40.3 Å². The molecule has 2 atom stereocenters. The molecular formula is C26H20N2O2. The Morgan fingerprint density at radius 1 is 0.967 bits per heavy atom. The Morgan fingerprint density at radius 3 is 2.73 bits per heavy atom. The third kappa shape index (κ3) is 2.61. The van der Waals surface area contributed by atoms with Crippen molar-refractivity contribution in [2.45, 2.75) is 24.7 Å². The Hall–Kier alpha value is -3.66. The molecule has 4 heteroatoms. The average molecular weight is 392 g/mol. The SMILES string of the molecule is O=C1C[C@H](c2ccco2)CC2=C1[C@@H](c1cccnc1)c1c(ccc3ccccc13)N2. The molecule has 146 valence electrons. The number of allylic oxidation sites excluding steroid dienone is 2. The molecule has 1 N–H and O–H groups in total. The number of carbonyl (C=O) groups is 1. The van der Waals surface area contributed by atoms with Crippen LogP contribution < -0.4 is 5.32 Å². The highest BCUT2D eigenvalue weighted by Gasteiger charge is 2.39. The van der Waals surface area contributed by atoms with Crippen LogP contribution in [0.25, 0.3) is 10.8 Å². The van der Waals surface area contributed by atoms with Crippen LogP contribution in [0.2, 0.25) is 0 Å². The minimum atomic E-state index is -0.124. The predicted molar refractivity (Wildman–Crippen MR) is 116 cm³/mol. The highest BCUT2D eigenvalue weighted by atomic mass is 16.3. The molecule has 0 radical (unpaired) electrons. The molecular weight excluding hydrogens is 372 g/mol. The number of aromatic nitrogens is 1. The van der Waals surface area contributed by atoms with Crippen molar-refractivity contribution in [1.29, 1.82) is 0 Å². The van der Waals surface area contributed by atoms with Crippen LogP contribution in [0.15, 0.2) is 95.0 Å². The molecule has 0 bridgehead atoms. The molecule has 1 aliphatic carbocycles. The predicted octanol–water partition coefficient (Wildman–Crippen LogP) is 5.79.